The molecule has 0 spiro atoms. The second-order valence-corrected chi connectivity index (χ2v) is 4.92. The van der Waals surface area contributed by atoms with E-state index in [1.54, 1.807) is 0 Å². The fourth-order valence-electron chi connectivity index (χ4n) is 1.63. The van der Waals surface area contributed by atoms with E-state index >= 15 is 0 Å². The predicted octanol–water partition coefficient (Wildman–Crippen LogP) is 5.18. The molecule has 0 N–H and O–H groups in total. The van der Waals surface area contributed by atoms with Gasteiger partial charge in [-0.2, -0.15) is 61.5 Å². The summed E-state index contributed by atoms with van der Waals surface area (Å²) in [5.74, 6) is -39.2. The van der Waals surface area contributed by atoms with Crippen molar-refractivity contribution in [2.24, 2.45) is 0 Å². The third-order valence-electron chi connectivity index (χ3n) is 3.23. The number of halogens is 15. The summed E-state index contributed by atoms with van der Waals surface area (Å²) in [4.78, 5) is 0. The Morgan fingerprint density at radius 1 is 0.458 bits per heavy atom. The van der Waals surface area contributed by atoms with Gasteiger partial charge in [0.1, 0.15) is 0 Å². The van der Waals surface area contributed by atoms with Gasteiger partial charge in [0.15, 0.2) is 0 Å². The zero-order chi connectivity index (χ0) is 19.8. The number of hydrogen-bond donors (Lipinski definition) is 0. The van der Waals surface area contributed by atoms with E-state index < -0.39 is 54.1 Å². The summed E-state index contributed by atoms with van der Waals surface area (Å²) in [5.41, 5.74) is 0. The van der Waals surface area contributed by atoms with E-state index in [1.165, 1.54) is 0 Å². The molecule has 2 aliphatic carbocycles. The largest absolute Gasteiger partial charge is 0.381 e. The first kappa shape index (κ1) is 21.0. The van der Waals surface area contributed by atoms with Crippen LogP contribution in [0.15, 0.2) is 0 Å². The molecule has 2 aliphatic rings. The predicted molar refractivity (Wildman–Crippen MR) is 44.1 cm³/mol. The first-order chi connectivity index (χ1) is 10.1. The molecule has 0 amide bonds. The Morgan fingerprint density at radius 3 is 0.750 bits per heavy atom. The maximum atomic E-state index is 12.0. The molecule has 0 saturated heterocycles. The van der Waals surface area contributed by atoms with Crippen LogP contribution in [0.3, 0.4) is 0 Å². The molecule has 24 heavy (non-hydrogen) atoms. The monoisotopic (exact) mass is 396 g/mol. The average molecular weight is 396 g/mol. The average Bonchev–Trinajstić information content (AvgIpc) is 2.40. The van der Waals surface area contributed by atoms with Crippen molar-refractivity contribution >= 4 is 0 Å². The van der Waals surface area contributed by atoms with Crippen LogP contribution < -0.4 is 0 Å². The lowest BCUT2D eigenvalue weighted by Gasteiger charge is -2.42. The van der Waals surface area contributed by atoms with Crippen LogP contribution in [0.4, 0.5) is 65.9 Å². The molecule has 2 rings (SSSR count). The first-order valence-corrected chi connectivity index (χ1v) is 5.40. The first-order valence-electron chi connectivity index (χ1n) is 5.40. The molecule has 0 bridgehead atoms. The highest BCUT2D eigenvalue weighted by molar-refractivity contribution is 5.18. The van der Waals surface area contributed by atoms with Crippen molar-refractivity contribution in [3.8, 4) is 0 Å². The van der Waals surface area contributed by atoms with E-state index in [2.05, 4.69) is 0 Å². The van der Waals surface area contributed by atoms with Gasteiger partial charge in [0.05, 0.1) is 6.42 Å². The van der Waals surface area contributed by atoms with Gasteiger partial charge in [0.2, 0.25) is 6.17 Å². The van der Waals surface area contributed by atoms with Gasteiger partial charge in [-0.3, -0.25) is 0 Å². The van der Waals surface area contributed by atoms with Gasteiger partial charge in [0, 0.05) is 0 Å². The van der Waals surface area contributed by atoms with E-state index in [4.69, 9.17) is 0 Å². The van der Waals surface area contributed by atoms with Gasteiger partial charge in [-0.15, -0.1) is 0 Å². The van der Waals surface area contributed by atoms with E-state index in [9.17, 15) is 65.9 Å². The van der Waals surface area contributed by atoms with Crippen molar-refractivity contribution in [1.82, 2.24) is 0 Å². The molecule has 0 aromatic heterocycles. The van der Waals surface area contributed by atoms with Crippen LogP contribution >= 0.6 is 0 Å². The topological polar surface area (TPSA) is 0 Å². The molecule has 0 aromatic carbocycles. The molecule has 0 aliphatic heterocycles. The number of alkyl halides is 15. The highest BCUT2D eigenvalue weighted by Gasteiger charge is 2.94. The Hall–Kier alpha value is -1.05. The fraction of sp³-hybridized carbons (Fsp3) is 1.00. The minimum atomic E-state index is -6.40. The normalized spacial score (nSPS) is 33.1. The Bertz CT molecular complexity index is 461. The third kappa shape index (κ3) is 2.17. The molecular weight excluding hydrogens is 393 g/mol. The van der Waals surface area contributed by atoms with Crippen molar-refractivity contribution in [3.63, 3.8) is 0 Å². The van der Waals surface area contributed by atoms with Crippen LogP contribution in [0, 0.1) is 0 Å². The lowest BCUT2D eigenvalue weighted by Crippen LogP contribution is -2.67. The Labute approximate surface area is 121 Å². The summed E-state index contributed by atoms with van der Waals surface area (Å²) in [6.45, 7) is 0. The van der Waals surface area contributed by atoms with Crippen molar-refractivity contribution in [1.29, 1.82) is 0 Å². The summed E-state index contributed by atoms with van der Waals surface area (Å²) in [6, 6.07) is 0. The van der Waals surface area contributed by atoms with Gasteiger partial charge in [0.25, 0.3) is 0 Å². The summed E-state index contributed by atoms with van der Waals surface area (Å²) >= 11 is 0. The zero-order valence-electron chi connectivity index (χ0n) is 10.5. The quantitative estimate of drug-likeness (QED) is 0.496. The summed E-state index contributed by atoms with van der Waals surface area (Å²) < 4.78 is 178. The van der Waals surface area contributed by atoms with Crippen LogP contribution in [-0.2, 0) is 0 Å². The number of rotatable bonds is 0. The molecule has 0 nitrogen and oxygen atoms in total. The van der Waals surface area contributed by atoms with Crippen LogP contribution in [0.25, 0.3) is 0 Å². The molecule has 0 heterocycles. The summed E-state index contributed by atoms with van der Waals surface area (Å²) in [6.07, 6.45) is -6.95. The lowest BCUT2D eigenvalue weighted by molar-refractivity contribution is -0.396. The standard InChI is InChI=1S/C5HF9.C4H2F6/c6-1-2(7,8)4(11,12)5(13,14)3(1,9)10;5-2(6)1-3(7,8)4(2,9)10/h1H;1H2. The Kier molecular flexibility index (Phi) is 4.17. The second kappa shape index (κ2) is 4.77. The van der Waals surface area contributed by atoms with Gasteiger partial charge in [-0.25, -0.2) is 4.39 Å². The van der Waals surface area contributed by atoms with E-state index in [-0.39, 0.29) is 0 Å². The minimum absolute atomic E-state index is 2.05. The van der Waals surface area contributed by atoms with Crippen molar-refractivity contribution < 1.29 is 65.9 Å². The van der Waals surface area contributed by atoms with Crippen LogP contribution in [0.5, 0.6) is 0 Å². The third-order valence-corrected chi connectivity index (χ3v) is 3.23. The molecule has 144 valence electrons. The van der Waals surface area contributed by atoms with Gasteiger partial charge in [-0.1, -0.05) is 0 Å². The molecule has 2 saturated carbocycles. The summed E-state index contributed by atoms with van der Waals surface area (Å²) in [7, 11) is 0. The van der Waals surface area contributed by atoms with Crippen LogP contribution in [-0.4, -0.2) is 47.6 Å². The Morgan fingerprint density at radius 2 is 0.708 bits per heavy atom. The number of hydrogen-bond acceptors (Lipinski definition) is 0. The SMILES string of the molecule is FC1(F)CC(F)(F)C1(F)F.FC1C(F)(F)C(F)(F)C(F)(F)C1(F)F. The molecule has 0 atom stereocenters. The van der Waals surface area contributed by atoms with Gasteiger partial charge in [-0.05, 0) is 0 Å². The molecule has 0 unspecified atom stereocenters. The molecule has 2 fully saturated rings. The highest BCUT2D eigenvalue weighted by atomic mass is 19.4. The van der Waals surface area contributed by atoms with Gasteiger partial charge < -0.3 is 0 Å². The summed E-state index contributed by atoms with van der Waals surface area (Å²) in [5, 5.41) is 0. The second-order valence-electron chi connectivity index (χ2n) is 4.92. The Balaban J connectivity index is 0.000000254. The smallest absolute Gasteiger partial charge is 0.234 e. The van der Waals surface area contributed by atoms with Crippen molar-refractivity contribution in [3.05, 3.63) is 0 Å². The highest BCUT2D eigenvalue weighted by Crippen LogP contribution is 2.64. The van der Waals surface area contributed by atoms with Crippen molar-refractivity contribution in [2.45, 2.75) is 54.1 Å². The van der Waals surface area contributed by atoms with E-state index in [0.717, 1.165) is 0 Å². The fourth-order valence-corrected chi connectivity index (χ4v) is 1.63. The van der Waals surface area contributed by atoms with E-state index in [0.29, 0.717) is 0 Å². The molecule has 0 aromatic rings. The molecule has 15 heteroatoms. The van der Waals surface area contributed by atoms with Crippen LogP contribution in [0.1, 0.15) is 6.42 Å². The lowest BCUT2D eigenvalue weighted by atomic mass is 9.84. The van der Waals surface area contributed by atoms with E-state index in [1.807, 2.05) is 0 Å². The van der Waals surface area contributed by atoms with Crippen LogP contribution in [0.2, 0.25) is 0 Å². The zero-order valence-corrected chi connectivity index (χ0v) is 10.5. The maximum Gasteiger partial charge on any atom is 0.381 e. The molecule has 0 radical (unpaired) electrons. The van der Waals surface area contributed by atoms with Gasteiger partial charge >= 0.3 is 41.5 Å². The van der Waals surface area contributed by atoms with Crippen molar-refractivity contribution in [2.75, 3.05) is 0 Å². The molecular formula is C9H3F15. The minimum Gasteiger partial charge on any atom is -0.234 e. The maximum absolute atomic E-state index is 12.0.